The van der Waals surface area contributed by atoms with E-state index in [1.807, 2.05) is 6.92 Å². The molecular formula is C22H21F2N5O3. The van der Waals surface area contributed by atoms with Crippen molar-refractivity contribution in [1.82, 2.24) is 20.2 Å². The van der Waals surface area contributed by atoms with Crippen molar-refractivity contribution in [3.63, 3.8) is 0 Å². The van der Waals surface area contributed by atoms with Gasteiger partial charge in [0.25, 0.3) is 0 Å². The number of hydrogen-bond acceptors (Lipinski definition) is 7. The number of nitrogens with one attached hydrogen (secondary N) is 1. The standard InChI is InChI=1S/C22H21F2N5O3/c1-3-31-20-9-15(32-19-7-4-14(23)8-17(19)24)5-6-18(20)29(11-13(2)30)22-16-10-27-28-21(16)25-12-26-22/h4-10,12-13,30H,3,11H2,1-2H3,(H,25,26,27,28). The van der Waals surface area contributed by atoms with Crippen molar-refractivity contribution in [2.45, 2.75) is 20.0 Å². The van der Waals surface area contributed by atoms with Gasteiger partial charge >= 0.3 is 0 Å². The highest BCUT2D eigenvalue weighted by molar-refractivity contribution is 5.89. The Labute approximate surface area is 182 Å². The Bertz CT molecular complexity index is 1230. The fourth-order valence-electron chi connectivity index (χ4n) is 3.27. The summed E-state index contributed by atoms with van der Waals surface area (Å²) in [6, 6.07) is 8.04. The number of halogens is 2. The van der Waals surface area contributed by atoms with Crippen molar-refractivity contribution < 1.29 is 23.4 Å². The number of anilines is 2. The number of fused-ring (bicyclic) bond motifs is 1. The predicted octanol–water partition coefficient (Wildman–Crippen LogP) is 4.34. The summed E-state index contributed by atoms with van der Waals surface area (Å²) in [5.41, 5.74) is 1.16. The lowest BCUT2D eigenvalue weighted by Gasteiger charge is -2.27. The topological polar surface area (TPSA) is 96.4 Å². The monoisotopic (exact) mass is 441 g/mol. The minimum absolute atomic E-state index is 0.113. The van der Waals surface area contributed by atoms with Crippen molar-refractivity contribution in [1.29, 1.82) is 0 Å². The summed E-state index contributed by atoms with van der Waals surface area (Å²) >= 11 is 0. The van der Waals surface area contributed by atoms with Crippen LogP contribution in [-0.2, 0) is 0 Å². The Balaban J connectivity index is 1.76. The molecule has 2 heterocycles. The molecule has 166 valence electrons. The van der Waals surface area contributed by atoms with Gasteiger partial charge < -0.3 is 19.5 Å². The second kappa shape index (κ2) is 9.15. The number of nitrogens with zero attached hydrogens (tertiary/aromatic N) is 4. The maximum atomic E-state index is 14.0. The van der Waals surface area contributed by atoms with E-state index in [2.05, 4.69) is 20.2 Å². The Morgan fingerprint density at radius 2 is 1.97 bits per heavy atom. The smallest absolute Gasteiger partial charge is 0.168 e. The number of hydrogen-bond donors (Lipinski definition) is 2. The summed E-state index contributed by atoms with van der Waals surface area (Å²) in [7, 11) is 0. The van der Waals surface area contributed by atoms with Crippen molar-refractivity contribution in [2.24, 2.45) is 0 Å². The van der Waals surface area contributed by atoms with Gasteiger partial charge in [-0.05, 0) is 38.1 Å². The highest BCUT2D eigenvalue weighted by Gasteiger charge is 2.22. The number of rotatable bonds is 8. The van der Waals surface area contributed by atoms with E-state index in [0.717, 1.165) is 12.1 Å². The summed E-state index contributed by atoms with van der Waals surface area (Å²) in [4.78, 5) is 10.3. The summed E-state index contributed by atoms with van der Waals surface area (Å²) < 4.78 is 38.6. The molecule has 0 spiro atoms. The number of aliphatic hydroxyl groups excluding tert-OH is 1. The van der Waals surface area contributed by atoms with Crippen molar-refractivity contribution >= 4 is 22.5 Å². The molecule has 1 unspecified atom stereocenters. The summed E-state index contributed by atoms with van der Waals surface area (Å²) in [6.07, 6.45) is 2.32. The number of benzene rings is 2. The van der Waals surface area contributed by atoms with Gasteiger partial charge in [-0.3, -0.25) is 5.10 Å². The van der Waals surface area contributed by atoms with Crippen LogP contribution < -0.4 is 14.4 Å². The number of H-pyrrole nitrogens is 1. The molecular weight excluding hydrogens is 420 g/mol. The molecule has 8 nitrogen and oxygen atoms in total. The Kier molecular flexibility index (Phi) is 6.13. The van der Waals surface area contributed by atoms with Crippen molar-refractivity contribution in [2.75, 3.05) is 18.1 Å². The van der Waals surface area contributed by atoms with Crippen LogP contribution in [0.1, 0.15) is 13.8 Å². The zero-order valence-electron chi connectivity index (χ0n) is 17.4. The fraction of sp³-hybridized carbons (Fsp3) is 0.227. The van der Waals surface area contributed by atoms with Crippen LogP contribution in [0.3, 0.4) is 0 Å². The molecule has 0 saturated carbocycles. The molecule has 1 atom stereocenters. The zero-order chi connectivity index (χ0) is 22.7. The molecule has 0 bridgehead atoms. The Morgan fingerprint density at radius 1 is 1.12 bits per heavy atom. The first-order chi connectivity index (χ1) is 15.5. The number of aliphatic hydroxyl groups is 1. The molecule has 0 amide bonds. The second-order valence-corrected chi connectivity index (χ2v) is 7.03. The van der Waals surface area contributed by atoms with E-state index in [-0.39, 0.29) is 12.3 Å². The van der Waals surface area contributed by atoms with Gasteiger partial charge in [0.15, 0.2) is 17.2 Å². The molecule has 10 heteroatoms. The molecule has 0 fully saturated rings. The lowest BCUT2D eigenvalue weighted by Crippen LogP contribution is -2.28. The van der Waals surface area contributed by atoms with Crippen LogP contribution in [0, 0.1) is 11.6 Å². The largest absolute Gasteiger partial charge is 0.492 e. The normalized spacial score (nSPS) is 12.0. The molecule has 2 N–H and O–H groups in total. The average molecular weight is 441 g/mol. The van der Waals surface area contributed by atoms with Gasteiger partial charge in [0.05, 0.1) is 36.5 Å². The molecule has 0 radical (unpaired) electrons. The van der Waals surface area contributed by atoms with Crippen LogP contribution in [0.5, 0.6) is 17.2 Å². The molecule has 0 aliphatic rings. The summed E-state index contributed by atoms with van der Waals surface area (Å²) in [6.45, 7) is 4.06. The van der Waals surface area contributed by atoms with Gasteiger partial charge in [0.2, 0.25) is 0 Å². The maximum absolute atomic E-state index is 14.0. The molecule has 4 aromatic rings. The highest BCUT2D eigenvalue weighted by Crippen LogP contribution is 2.39. The van der Waals surface area contributed by atoms with E-state index in [9.17, 15) is 13.9 Å². The molecule has 32 heavy (non-hydrogen) atoms. The Hall–Kier alpha value is -3.79. The van der Waals surface area contributed by atoms with Crippen molar-refractivity contribution in [3.8, 4) is 17.2 Å². The van der Waals surface area contributed by atoms with Gasteiger partial charge in [-0.15, -0.1) is 0 Å². The molecule has 0 aliphatic heterocycles. The fourth-order valence-corrected chi connectivity index (χ4v) is 3.27. The van der Waals surface area contributed by atoms with Crippen LogP contribution >= 0.6 is 0 Å². The number of aromatic amines is 1. The minimum Gasteiger partial charge on any atom is -0.492 e. The first-order valence-electron chi connectivity index (χ1n) is 9.95. The predicted molar refractivity (Wildman–Crippen MR) is 114 cm³/mol. The lowest BCUT2D eigenvalue weighted by molar-refractivity contribution is 0.202. The summed E-state index contributed by atoms with van der Waals surface area (Å²) in [5.74, 6) is -0.350. The zero-order valence-corrected chi connectivity index (χ0v) is 17.4. The maximum Gasteiger partial charge on any atom is 0.168 e. The second-order valence-electron chi connectivity index (χ2n) is 7.03. The SMILES string of the molecule is CCOc1cc(Oc2ccc(F)cc2F)ccc1N(CC(C)O)c1ncnc2[nH]ncc12. The van der Waals surface area contributed by atoms with Crippen LogP contribution in [-0.4, -0.2) is 44.5 Å². The quantitative estimate of drug-likeness (QED) is 0.420. The molecule has 2 aromatic heterocycles. The van der Waals surface area contributed by atoms with Gasteiger partial charge in [0.1, 0.15) is 29.5 Å². The van der Waals surface area contributed by atoms with Crippen LogP contribution in [0.15, 0.2) is 48.9 Å². The third-order valence-corrected chi connectivity index (χ3v) is 4.57. The lowest BCUT2D eigenvalue weighted by atomic mass is 10.2. The molecule has 0 saturated heterocycles. The number of aromatic nitrogens is 4. The molecule has 0 aliphatic carbocycles. The average Bonchev–Trinajstić information content (AvgIpc) is 3.24. The molecule has 4 rings (SSSR count). The van der Waals surface area contributed by atoms with Crippen LogP contribution in [0.4, 0.5) is 20.3 Å². The van der Waals surface area contributed by atoms with Crippen molar-refractivity contribution in [3.05, 3.63) is 60.6 Å². The van der Waals surface area contributed by atoms with Gasteiger partial charge in [-0.25, -0.2) is 18.7 Å². The van der Waals surface area contributed by atoms with Crippen LogP contribution in [0.2, 0.25) is 0 Å². The van der Waals surface area contributed by atoms with E-state index in [4.69, 9.17) is 9.47 Å². The van der Waals surface area contributed by atoms with E-state index in [0.29, 0.717) is 40.6 Å². The van der Waals surface area contributed by atoms with E-state index < -0.39 is 17.7 Å². The van der Waals surface area contributed by atoms with Gasteiger partial charge in [-0.1, -0.05) is 0 Å². The first kappa shape index (κ1) is 21.4. The minimum atomic E-state index is -0.814. The van der Waals surface area contributed by atoms with Gasteiger partial charge in [0, 0.05) is 12.1 Å². The third kappa shape index (κ3) is 4.45. The van der Waals surface area contributed by atoms with Gasteiger partial charge in [-0.2, -0.15) is 5.10 Å². The van der Waals surface area contributed by atoms with E-state index in [1.54, 1.807) is 36.2 Å². The molecule has 2 aromatic carbocycles. The van der Waals surface area contributed by atoms with Crippen LogP contribution in [0.25, 0.3) is 11.0 Å². The Morgan fingerprint density at radius 3 is 2.72 bits per heavy atom. The third-order valence-electron chi connectivity index (χ3n) is 4.57. The van der Waals surface area contributed by atoms with E-state index >= 15 is 0 Å². The van der Waals surface area contributed by atoms with E-state index in [1.165, 1.54) is 12.4 Å². The summed E-state index contributed by atoms with van der Waals surface area (Å²) in [5, 5.41) is 17.6. The number of ether oxygens (including phenoxy) is 2. The highest BCUT2D eigenvalue weighted by atomic mass is 19.1. The first-order valence-corrected chi connectivity index (χ1v) is 9.95.